The van der Waals surface area contributed by atoms with E-state index in [1.165, 1.54) is 6.07 Å². The summed E-state index contributed by atoms with van der Waals surface area (Å²) in [5, 5.41) is 14.3. The second-order valence-electron chi connectivity index (χ2n) is 4.75. The van der Waals surface area contributed by atoms with Crippen LogP contribution in [-0.2, 0) is 4.74 Å². The highest BCUT2D eigenvalue weighted by Crippen LogP contribution is 2.17. The number of carbonyl (C=O) groups is 2. The highest BCUT2D eigenvalue weighted by molar-refractivity contribution is 6.00. The van der Waals surface area contributed by atoms with Crippen molar-refractivity contribution < 1.29 is 19.4 Å². The van der Waals surface area contributed by atoms with E-state index in [-0.39, 0.29) is 17.2 Å². The van der Waals surface area contributed by atoms with Gasteiger partial charge in [0.2, 0.25) is 0 Å². The van der Waals surface area contributed by atoms with Crippen LogP contribution in [0.25, 0.3) is 0 Å². The fourth-order valence-electron chi connectivity index (χ4n) is 1.72. The summed E-state index contributed by atoms with van der Waals surface area (Å²) in [5.74, 6) is -0.889. The van der Waals surface area contributed by atoms with Gasteiger partial charge >= 0.3 is 12.0 Å². The van der Waals surface area contributed by atoms with Gasteiger partial charge in [0.15, 0.2) is 0 Å². The molecule has 0 bridgehead atoms. The number of urea groups is 1. The van der Waals surface area contributed by atoms with Crippen LogP contribution in [0, 0.1) is 12.8 Å². The number of methoxy groups -OCH3 is 1. The average molecular weight is 280 g/mol. The first-order chi connectivity index (χ1) is 9.43. The van der Waals surface area contributed by atoms with Gasteiger partial charge in [-0.05, 0) is 25.0 Å². The molecule has 0 spiro atoms. The fraction of sp³-hybridized carbons (Fsp3) is 0.429. The molecule has 2 amide bonds. The molecule has 0 aliphatic rings. The standard InChI is InChI=1S/C14H20N2O4/c1-9-4-5-12(11(6-9)13(17)18)16-14(19)15-7-10(2)8-20-3/h4-6,10H,7-8H2,1-3H3,(H,17,18)(H2,15,16,19). The lowest BCUT2D eigenvalue weighted by molar-refractivity contribution is 0.0698. The summed E-state index contributed by atoms with van der Waals surface area (Å²) in [6.07, 6.45) is 0. The Morgan fingerprint density at radius 1 is 1.40 bits per heavy atom. The van der Waals surface area contributed by atoms with Crippen molar-refractivity contribution in [3.05, 3.63) is 29.3 Å². The van der Waals surface area contributed by atoms with Crippen LogP contribution in [0.1, 0.15) is 22.8 Å². The van der Waals surface area contributed by atoms with Crippen LogP contribution in [0.3, 0.4) is 0 Å². The normalized spacial score (nSPS) is 11.8. The quantitative estimate of drug-likeness (QED) is 0.744. The number of aromatic carboxylic acids is 1. The van der Waals surface area contributed by atoms with Crippen molar-refractivity contribution in [2.24, 2.45) is 5.92 Å². The number of carbonyl (C=O) groups excluding carboxylic acids is 1. The molecule has 3 N–H and O–H groups in total. The number of carboxylic acids is 1. The SMILES string of the molecule is COCC(C)CNC(=O)Nc1ccc(C)cc1C(=O)O. The number of hydrogen-bond donors (Lipinski definition) is 3. The largest absolute Gasteiger partial charge is 0.478 e. The zero-order valence-corrected chi connectivity index (χ0v) is 11.9. The highest BCUT2D eigenvalue weighted by Gasteiger charge is 2.13. The van der Waals surface area contributed by atoms with Crippen LogP contribution < -0.4 is 10.6 Å². The Hall–Kier alpha value is -2.08. The third-order valence-corrected chi connectivity index (χ3v) is 2.72. The van der Waals surface area contributed by atoms with Crippen molar-refractivity contribution in [2.45, 2.75) is 13.8 Å². The van der Waals surface area contributed by atoms with E-state index >= 15 is 0 Å². The monoisotopic (exact) mass is 280 g/mol. The Labute approximate surface area is 118 Å². The van der Waals surface area contributed by atoms with E-state index in [1.807, 2.05) is 6.92 Å². The predicted molar refractivity (Wildman–Crippen MR) is 76.2 cm³/mol. The van der Waals surface area contributed by atoms with Gasteiger partial charge in [0.1, 0.15) is 0 Å². The van der Waals surface area contributed by atoms with Crippen LogP contribution in [0.5, 0.6) is 0 Å². The predicted octanol–water partition coefficient (Wildman–Crippen LogP) is 2.10. The maximum atomic E-state index is 11.7. The molecule has 0 fully saturated rings. The minimum Gasteiger partial charge on any atom is -0.478 e. The molecule has 1 atom stereocenters. The number of nitrogens with one attached hydrogen (secondary N) is 2. The smallest absolute Gasteiger partial charge is 0.337 e. The second kappa shape index (κ2) is 7.49. The Balaban J connectivity index is 2.64. The van der Waals surface area contributed by atoms with E-state index in [2.05, 4.69) is 10.6 Å². The Morgan fingerprint density at radius 3 is 2.70 bits per heavy atom. The maximum Gasteiger partial charge on any atom is 0.337 e. The Kier molecular flexibility index (Phi) is 5.99. The number of anilines is 1. The van der Waals surface area contributed by atoms with Gasteiger partial charge in [-0.3, -0.25) is 0 Å². The Bertz CT molecular complexity index is 488. The van der Waals surface area contributed by atoms with Gasteiger partial charge in [0, 0.05) is 13.7 Å². The summed E-state index contributed by atoms with van der Waals surface area (Å²) in [6, 6.07) is 4.41. The lowest BCUT2D eigenvalue weighted by Gasteiger charge is -2.13. The number of amides is 2. The van der Waals surface area contributed by atoms with Crippen molar-refractivity contribution >= 4 is 17.7 Å². The zero-order valence-electron chi connectivity index (χ0n) is 11.9. The fourth-order valence-corrected chi connectivity index (χ4v) is 1.72. The van der Waals surface area contributed by atoms with E-state index in [0.29, 0.717) is 13.2 Å². The molecule has 0 radical (unpaired) electrons. The minimum absolute atomic E-state index is 0.0742. The molecule has 1 unspecified atom stereocenters. The molecule has 6 nitrogen and oxygen atoms in total. The van der Waals surface area contributed by atoms with Crippen LogP contribution in [-0.4, -0.2) is 37.4 Å². The molecule has 1 aromatic rings. The van der Waals surface area contributed by atoms with Crippen LogP contribution >= 0.6 is 0 Å². The third-order valence-electron chi connectivity index (χ3n) is 2.72. The van der Waals surface area contributed by atoms with Crippen molar-refractivity contribution in [1.29, 1.82) is 0 Å². The summed E-state index contributed by atoms with van der Waals surface area (Å²) in [5.41, 5.74) is 1.17. The molecule has 0 heterocycles. The summed E-state index contributed by atoms with van der Waals surface area (Å²) >= 11 is 0. The molecule has 20 heavy (non-hydrogen) atoms. The molecule has 110 valence electrons. The number of aryl methyl sites for hydroxylation is 1. The van der Waals surface area contributed by atoms with Gasteiger partial charge in [-0.2, -0.15) is 0 Å². The van der Waals surface area contributed by atoms with Gasteiger partial charge in [0.05, 0.1) is 17.9 Å². The number of benzene rings is 1. The number of hydrogen-bond acceptors (Lipinski definition) is 3. The van der Waals surface area contributed by atoms with E-state index in [0.717, 1.165) is 5.56 Å². The minimum atomic E-state index is -1.07. The van der Waals surface area contributed by atoms with Gasteiger partial charge in [-0.15, -0.1) is 0 Å². The summed E-state index contributed by atoms with van der Waals surface area (Å²) in [4.78, 5) is 22.8. The summed E-state index contributed by atoms with van der Waals surface area (Å²) in [6.45, 7) is 4.74. The van der Waals surface area contributed by atoms with Crippen molar-refractivity contribution in [3.63, 3.8) is 0 Å². The number of rotatable bonds is 6. The summed E-state index contributed by atoms with van der Waals surface area (Å²) < 4.78 is 4.97. The molecule has 0 aliphatic carbocycles. The van der Waals surface area contributed by atoms with Crippen LogP contribution in [0.4, 0.5) is 10.5 Å². The number of carboxylic acid groups (broad SMARTS) is 1. The summed E-state index contributed by atoms with van der Waals surface area (Å²) in [7, 11) is 1.60. The molecule has 1 aromatic carbocycles. The molecule has 0 aliphatic heterocycles. The van der Waals surface area contributed by atoms with Crippen molar-refractivity contribution in [1.82, 2.24) is 5.32 Å². The van der Waals surface area contributed by atoms with Gasteiger partial charge < -0.3 is 20.5 Å². The Morgan fingerprint density at radius 2 is 2.10 bits per heavy atom. The van der Waals surface area contributed by atoms with Gasteiger partial charge in [-0.1, -0.05) is 18.6 Å². The van der Waals surface area contributed by atoms with Gasteiger partial charge in [-0.25, -0.2) is 9.59 Å². The van der Waals surface area contributed by atoms with E-state index in [4.69, 9.17) is 9.84 Å². The molecule has 0 aromatic heterocycles. The molecule has 6 heteroatoms. The van der Waals surface area contributed by atoms with E-state index in [9.17, 15) is 9.59 Å². The molecular weight excluding hydrogens is 260 g/mol. The van der Waals surface area contributed by atoms with Crippen molar-refractivity contribution in [2.75, 3.05) is 25.6 Å². The first-order valence-corrected chi connectivity index (χ1v) is 6.31. The lowest BCUT2D eigenvalue weighted by atomic mass is 10.1. The maximum absolute atomic E-state index is 11.7. The number of ether oxygens (including phenoxy) is 1. The lowest BCUT2D eigenvalue weighted by Crippen LogP contribution is -2.33. The third kappa shape index (κ3) is 4.89. The van der Waals surface area contributed by atoms with E-state index in [1.54, 1.807) is 26.2 Å². The van der Waals surface area contributed by atoms with Crippen molar-refractivity contribution in [3.8, 4) is 0 Å². The van der Waals surface area contributed by atoms with Crippen LogP contribution in [0.15, 0.2) is 18.2 Å². The topological polar surface area (TPSA) is 87.7 Å². The van der Waals surface area contributed by atoms with E-state index < -0.39 is 12.0 Å². The second-order valence-corrected chi connectivity index (χ2v) is 4.75. The highest BCUT2D eigenvalue weighted by atomic mass is 16.5. The average Bonchev–Trinajstić information content (AvgIpc) is 2.38. The molecular formula is C14H20N2O4. The first kappa shape index (κ1) is 16.0. The zero-order chi connectivity index (χ0) is 15.1. The molecule has 0 saturated heterocycles. The van der Waals surface area contributed by atoms with Crippen LogP contribution in [0.2, 0.25) is 0 Å². The van der Waals surface area contributed by atoms with Gasteiger partial charge in [0.25, 0.3) is 0 Å². The first-order valence-electron chi connectivity index (χ1n) is 6.31. The molecule has 1 rings (SSSR count). The molecule has 0 saturated carbocycles.